The smallest absolute Gasteiger partial charge is 0.150 e. The molecule has 0 heterocycles. The second-order valence-corrected chi connectivity index (χ2v) is 2.03. The molecule has 1 aromatic carbocycles. The van der Waals surface area contributed by atoms with Crippen molar-refractivity contribution in [3.05, 3.63) is 35.4 Å². The Balaban J connectivity index is 3.52. The predicted octanol–water partition coefficient (Wildman–Crippen LogP) is 2.62. The molecular weight excluding hydrogens is 136 g/mol. The van der Waals surface area contributed by atoms with E-state index in [9.17, 15) is 4.79 Å². The molecule has 0 aliphatic heterocycles. The maximum atomic E-state index is 10.6. The lowest BCUT2D eigenvalue weighted by atomic mass is 10.0. The monoisotopic (exact) mass is 156 g/mol. The average molecular weight is 156 g/mol. The van der Waals surface area contributed by atoms with Crippen molar-refractivity contribution in [3.63, 3.8) is 0 Å². The fraction of sp³-hybridized carbons (Fsp3) is 0.300. The molecule has 0 atom stereocenters. The fourth-order valence-electron chi connectivity index (χ4n) is 0.666. The van der Waals surface area contributed by atoms with Crippen molar-refractivity contribution in [1.29, 1.82) is 0 Å². The van der Waals surface area contributed by atoms with Crippen molar-refractivity contribution in [1.82, 2.24) is 0 Å². The van der Waals surface area contributed by atoms with Crippen molar-refractivity contribution in [2.45, 2.75) is 19.6 Å². The van der Waals surface area contributed by atoms with Crippen LogP contribution in [0.1, 0.15) is 46.5 Å². The summed E-state index contributed by atoms with van der Waals surface area (Å²) in [6, 6.07) is 2.87. The molecule has 0 aliphatic carbocycles. The third-order valence-corrected chi connectivity index (χ3v) is 1.25. The first-order chi connectivity index (χ1) is 8.45. The number of aldehydes is 1. The van der Waals surface area contributed by atoms with E-state index in [1.165, 1.54) is 0 Å². The normalized spacial score (nSPS) is 24.0. The van der Waals surface area contributed by atoms with Crippen LogP contribution in [0.2, 0.25) is 0 Å². The zero-order valence-electron chi connectivity index (χ0n) is 13.7. The van der Waals surface area contributed by atoms with Crippen LogP contribution in [0, 0.1) is 0 Å². The second-order valence-electron chi connectivity index (χ2n) is 2.03. The molecule has 0 amide bonds. The summed E-state index contributed by atoms with van der Waals surface area (Å²) in [4.78, 5) is 10.6. The van der Waals surface area contributed by atoms with Crippen LogP contribution in [-0.2, 0) is 0 Å². The van der Waals surface area contributed by atoms with Crippen molar-refractivity contribution in [2.75, 3.05) is 0 Å². The van der Waals surface area contributed by atoms with Crippen LogP contribution in [0.15, 0.2) is 24.2 Å². The van der Waals surface area contributed by atoms with Crippen LogP contribution in [0.5, 0.6) is 0 Å². The molecule has 11 heavy (non-hydrogen) atoms. The third kappa shape index (κ3) is 1.90. The highest BCUT2D eigenvalue weighted by molar-refractivity contribution is 5.74. The van der Waals surface area contributed by atoms with Gasteiger partial charge in [0.25, 0.3) is 0 Å². The molecule has 0 spiro atoms. The molecule has 0 bridgehead atoms. The van der Waals surface area contributed by atoms with E-state index in [-0.39, 0.29) is 17.2 Å². The van der Waals surface area contributed by atoms with Gasteiger partial charge < -0.3 is 0 Å². The van der Waals surface area contributed by atoms with Gasteiger partial charge in [-0.15, -0.1) is 0 Å². The lowest BCUT2D eigenvalue weighted by Gasteiger charge is -2.03. The molecule has 1 heteroatoms. The van der Waals surface area contributed by atoms with E-state index in [1.54, 1.807) is 0 Å². The van der Waals surface area contributed by atoms with Gasteiger partial charge in [-0.3, -0.25) is 4.79 Å². The highest BCUT2D eigenvalue weighted by atomic mass is 16.1. The second kappa shape index (κ2) is 3.33. The molecule has 0 saturated heterocycles. The van der Waals surface area contributed by atoms with E-state index in [2.05, 4.69) is 0 Å². The van der Waals surface area contributed by atoms with E-state index in [0.29, 0.717) is 6.29 Å². The van der Waals surface area contributed by atoms with Crippen LogP contribution in [0.3, 0.4) is 0 Å². The highest BCUT2D eigenvalue weighted by Crippen LogP contribution is 2.13. The molecule has 0 fully saturated rings. The zero-order valence-corrected chi connectivity index (χ0v) is 5.72. The van der Waals surface area contributed by atoms with Crippen LogP contribution >= 0.6 is 0 Å². The molecule has 0 saturated carbocycles. The maximum absolute atomic E-state index is 10.6. The molecule has 58 valence electrons. The standard InChI is InChI=1S/C10H12O/c1-8(2)10-5-3-9(7-11)4-6-10/h3-8H,1-2H3/i1D3,2D3,3D,8D. The Labute approximate surface area is 78.3 Å². The van der Waals surface area contributed by atoms with Crippen LogP contribution in [-0.4, -0.2) is 6.29 Å². The number of benzene rings is 1. The summed E-state index contributed by atoms with van der Waals surface area (Å²) in [5.41, 5.74) is -0.328. The highest BCUT2D eigenvalue weighted by Gasteiger charge is 1.96. The summed E-state index contributed by atoms with van der Waals surface area (Å²) in [5, 5.41) is 0. The summed E-state index contributed by atoms with van der Waals surface area (Å²) < 4.78 is 59.2. The first kappa shape index (κ1) is 2.44. The zero-order chi connectivity index (χ0) is 15.1. The van der Waals surface area contributed by atoms with Gasteiger partial charge in [-0.1, -0.05) is 37.9 Å². The molecule has 1 rings (SSSR count). The van der Waals surface area contributed by atoms with Gasteiger partial charge in [0, 0.05) is 15.2 Å². The number of hydrogen-bond donors (Lipinski definition) is 0. The fourth-order valence-corrected chi connectivity index (χ4v) is 0.666. The summed E-state index contributed by atoms with van der Waals surface area (Å²) in [5.74, 6) is -2.84. The summed E-state index contributed by atoms with van der Waals surface area (Å²) in [6.07, 6.45) is 0.405. The van der Waals surface area contributed by atoms with Gasteiger partial charge in [0.1, 0.15) is 6.29 Å². The third-order valence-electron chi connectivity index (χ3n) is 1.25. The van der Waals surface area contributed by atoms with Crippen LogP contribution in [0.4, 0.5) is 0 Å². The topological polar surface area (TPSA) is 17.1 Å². The lowest BCUT2D eigenvalue weighted by Crippen LogP contribution is -1.87. The predicted molar refractivity (Wildman–Crippen MR) is 45.9 cm³/mol. The Kier molecular flexibility index (Phi) is 0.739. The Hall–Kier alpha value is -1.11. The number of carbonyl (C=O) groups excluding carboxylic acids is 1. The number of hydrogen-bond acceptors (Lipinski definition) is 1. The minimum absolute atomic E-state index is 0.00202. The largest absolute Gasteiger partial charge is 0.298 e. The number of rotatable bonds is 2. The molecule has 0 aliphatic rings. The summed E-state index contributed by atoms with van der Waals surface area (Å²) >= 11 is 0. The van der Waals surface area contributed by atoms with Crippen LogP contribution in [0.25, 0.3) is 0 Å². The van der Waals surface area contributed by atoms with E-state index < -0.39 is 19.6 Å². The maximum Gasteiger partial charge on any atom is 0.150 e. The quantitative estimate of drug-likeness (QED) is 0.601. The molecule has 0 aromatic heterocycles. The van der Waals surface area contributed by atoms with Gasteiger partial charge in [-0.05, 0) is 11.5 Å². The van der Waals surface area contributed by atoms with E-state index in [0.717, 1.165) is 18.2 Å². The van der Waals surface area contributed by atoms with Gasteiger partial charge in [-0.2, -0.15) is 0 Å². The van der Waals surface area contributed by atoms with E-state index in [1.807, 2.05) is 0 Å². The number of carbonyl (C=O) groups is 1. The molecule has 1 nitrogen and oxygen atoms in total. The SMILES string of the molecule is [2H]c1cc(C([2H])(C([2H])([2H])[2H])C([2H])([2H])[2H])ccc1C=O. The van der Waals surface area contributed by atoms with E-state index >= 15 is 0 Å². The Morgan fingerprint density at radius 2 is 2.45 bits per heavy atom. The molecule has 0 N–H and O–H groups in total. The Morgan fingerprint density at radius 1 is 1.64 bits per heavy atom. The molecule has 1 aromatic rings. The van der Waals surface area contributed by atoms with Crippen molar-refractivity contribution in [3.8, 4) is 0 Å². The lowest BCUT2D eigenvalue weighted by molar-refractivity contribution is 0.112. The molecule has 0 unspecified atom stereocenters. The molecule has 0 radical (unpaired) electrons. The Bertz CT molecular complexity index is 473. The van der Waals surface area contributed by atoms with E-state index in [4.69, 9.17) is 11.0 Å². The first-order valence-corrected chi connectivity index (χ1v) is 3.01. The van der Waals surface area contributed by atoms with Gasteiger partial charge in [0.2, 0.25) is 0 Å². The average Bonchev–Trinajstić information content (AvgIpc) is 2.24. The molecular formula is C10H12O. The summed E-state index contributed by atoms with van der Waals surface area (Å²) in [7, 11) is 0. The van der Waals surface area contributed by atoms with Crippen molar-refractivity contribution < 1.29 is 15.8 Å². The van der Waals surface area contributed by atoms with Gasteiger partial charge in [0.15, 0.2) is 0 Å². The van der Waals surface area contributed by atoms with Gasteiger partial charge >= 0.3 is 0 Å². The van der Waals surface area contributed by atoms with Crippen molar-refractivity contribution >= 4 is 6.29 Å². The Morgan fingerprint density at radius 3 is 3.00 bits per heavy atom. The minimum Gasteiger partial charge on any atom is -0.298 e. The minimum atomic E-state index is -3.09. The van der Waals surface area contributed by atoms with Gasteiger partial charge in [0.05, 0.1) is 1.37 Å². The first-order valence-electron chi connectivity index (χ1n) is 7.01. The van der Waals surface area contributed by atoms with Crippen LogP contribution < -0.4 is 0 Å². The summed E-state index contributed by atoms with van der Waals surface area (Å²) in [6.45, 7) is -6.18. The van der Waals surface area contributed by atoms with Crippen molar-refractivity contribution in [2.24, 2.45) is 0 Å². The van der Waals surface area contributed by atoms with Gasteiger partial charge in [-0.25, -0.2) is 0 Å².